The minimum absolute atomic E-state index is 0.0398. The number of rotatable bonds is 4. The van der Waals surface area contributed by atoms with Gasteiger partial charge < -0.3 is 14.7 Å². The number of hydrogen-bond donors (Lipinski definition) is 2. The first-order valence-electron chi connectivity index (χ1n) is 9.60. The van der Waals surface area contributed by atoms with Gasteiger partial charge >= 0.3 is 0 Å². The maximum Gasteiger partial charge on any atom is 0.235 e. The lowest BCUT2D eigenvalue weighted by atomic mass is 10.0. The molecule has 1 fully saturated rings. The van der Waals surface area contributed by atoms with E-state index in [-0.39, 0.29) is 24.1 Å². The number of fused-ring (bicyclic) bond motifs is 1. The molecule has 6 nitrogen and oxygen atoms in total. The number of hydrogen-bond acceptors (Lipinski definition) is 5. The first-order chi connectivity index (χ1) is 13.0. The van der Waals surface area contributed by atoms with E-state index in [4.69, 9.17) is 4.74 Å². The average Bonchev–Trinajstić information content (AvgIpc) is 3.16. The van der Waals surface area contributed by atoms with Crippen LogP contribution in [0.15, 0.2) is 24.3 Å². The molecule has 0 aliphatic carbocycles. The summed E-state index contributed by atoms with van der Waals surface area (Å²) < 4.78 is 7.54. The fourth-order valence-corrected chi connectivity index (χ4v) is 5.17. The first-order valence-corrected chi connectivity index (χ1v) is 10.4. The van der Waals surface area contributed by atoms with E-state index in [0.29, 0.717) is 0 Å². The van der Waals surface area contributed by atoms with Crippen LogP contribution in [-0.4, -0.2) is 45.0 Å². The van der Waals surface area contributed by atoms with Gasteiger partial charge in [0.25, 0.3) is 0 Å². The Bertz CT molecular complexity index is 924. The summed E-state index contributed by atoms with van der Waals surface area (Å²) in [5, 5.41) is 15.4. The normalized spacial score (nSPS) is 24.4. The summed E-state index contributed by atoms with van der Waals surface area (Å²) in [5.41, 5.74) is 2.43. The van der Waals surface area contributed by atoms with Gasteiger partial charge in [0.2, 0.25) is 10.8 Å². The average molecular weight is 388 g/mol. The van der Waals surface area contributed by atoms with Gasteiger partial charge in [-0.05, 0) is 20.8 Å². The maximum absolute atomic E-state index is 11.0. The number of aromatic hydroxyl groups is 1. The fourth-order valence-electron chi connectivity index (χ4n) is 4.01. The largest absolute Gasteiger partial charge is 0.492 e. The Morgan fingerprint density at radius 3 is 2.52 bits per heavy atom. The van der Waals surface area contributed by atoms with Crippen molar-refractivity contribution < 1.29 is 14.7 Å². The molecule has 1 saturated heterocycles. The molecule has 27 heavy (non-hydrogen) atoms. The van der Waals surface area contributed by atoms with E-state index in [1.807, 2.05) is 6.92 Å². The lowest BCUT2D eigenvalue weighted by Gasteiger charge is -2.37. The van der Waals surface area contributed by atoms with Gasteiger partial charge in [-0.2, -0.15) is 4.52 Å². The van der Waals surface area contributed by atoms with E-state index in [2.05, 4.69) is 55.1 Å². The van der Waals surface area contributed by atoms with Crippen LogP contribution in [0.4, 0.5) is 0 Å². The van der Waals surface area contributed by atoms with Crippen molar-refractivity contribution in [2.24, 2.45) is 0 Å². The van der Waals surface area contributed by atoms with Crippen LogP contribution < -0.4 is 4.90 Å². The van der Waals surface area contributed by atoms with E-state index in [1.165, 1.54) is 16.0 Å². The molecule has 3 aromatic rings. The van der Waals surface area contributed by atoms with Crippen molar-refractivity contribution >= 4 is 16.3 Å². The number of quaternary nitrogens is 1. The van der Waals surface area contributed by atoms with Crippen molar-refractivity contribution in [2.45, 2.75) is 52.4 Å². The number of ether oxygens (including phenoxy) is 1. The predicted octanol–water partition coefficient (Wildman–Crippen LogP) is 2.15. The van der Waals surface area contributed by atoms with E-state index >= 15 is 0 Å². The Hall–Kier alpha value is -1.96. The molecule has 2 N–H and O–H groups in total. The van der Waals surface area contributed by atoms with Crippen molar-refractivity contribution in [3.05, 3.63) is 46.1 Å². The molecule has 1 aliphatic heterocycles. The van der Waals surface area contributed by atoms with Crippen LogP contribution in [0.5, 0.6) is 5.88 Å². The van der Waals surface area contributed by atoms with Gasteiger partial charge in [0.05, 0.1) is 0 Å². The highest BCUT2D eigenvalue weighted by Crippen LogP contribution is 2.35. The number of nitrogens with zero attached hydrogens (tertiary/aromatic N) is 3. The van der Waals surface area contributed by atoms with Crippen molar-refractivity contribution in [3.8, 4) is 5.88 Å². The SMILES string of the molecule is CCc1nc2sc([C@@H](c3ccc(C)cc3)[NH+]3C[C@@H](C)O[C@H](C)C3)c(O)n2n1. The third kappa shape index (κ3) is 3.47. The summed E-state index contributed by atoms with van der Waals surface area (Å²) in [6, 6.07) is 8.66. The van der Waals surface area contributed by atoms with Gasteiger partial charge in [0.1, 0.15) is 30.2 Å². The van der Waals surface area contributed by atoms with Gasteiger partial charge in [0.15, 0.2) is 11.9 Å². The highest BCUT2D eigenvalue weighted by molar-refractivity contribution is 7.17. The van der Waals surface area contributed by atoms with Gasteiger partial charge in [-0.15, -0.1) is 5.10 Å². The molecule has 2 aromatic heterocycles. The fraction of sp³-hybridized carbons (Fsp3) is 0.500. The molecule has 0 saturated carbocycles. The molecule has 0 unspecified atom stereocenters. The third-order valence-electron chi connectivity index (χ3n) is 5.20. The van der Waals surface area contributed by atoms with Crippen LogP contribution >= 0.6 is 11.3 Å². The predicted molar refractivity (Wildman–Crippen MR) is 106 cm³/mol. The number of aryl methyl sites for hydroxylation is 2. The van der Waals surface area contributed by atoms with Crippen molar-refractivity contribution in [3.63, 3.8) is 0 Å². The van der Waals surface area contributed by atoms with E-state index in [9.17, 15) is 5.11 Å². The second-order valence-electron chi connectivity index (χ2n) is 7.53. The Labute approximate surface area is 163 Å². The molecule has 1 aliphatic rings. The van der Waals surface area contributed by atoms with Crippen LogP contribution in [0.25, 0.3) is 4.96 Å². The molecule has 0 radical (unpaired) electrons. The highest BCUT2D eigenvalue weighted by atomic mass is 32.1. The molecule has 7 heteroatoms. The van der Waals surface area contributed by atoms with Crippen molar-refractivity contribution in [1.82, 2.24) is 14.6 Å². The molecule has 4 rings (SSSR count). The van der Waals surface area contributed by atoms with E-state index in [1.54, 1.807) is 15.9 Å². The molecule has 144 valence electrons. The zero-order valence-electron chi connectivity index (χ0n) is 16.3. The van der Waals surface area contributed by atoms with Gasteiger partial charge in [-0.1, -0.05) is 48.1 Å². The number of morpholine rings is 1. The molecule has 0 bridgehead atoms. The third-order valence-corrected chi connectivity index (χ3v) is 6.29. The Kier molecular flexibility index (Phi) is 4.92. The van der Waals surface area contributed by atoms with Crippen molar-refractivity contribution in [1.29, 1.82) is 0 Å². The minimum atomic E-state index is 0.0398. The summed E-state index contributed by atoms with van der Waals surface area (Å²) in [6.45, 7) is 10.2. The van der Waals surface area contributed by atoms with Gasteiger partial charge in [-0.25, -0.2) is 4.98 Å². The van der Waals surface area contributed by atoms with Gasteiger partial charge in [0, 0.05) is 12.0 Å². The summed E-state index contributed by atoms with van der Waals surface area (Å²) in [6.07, 6.45) is 1.13. The molecule has 0 amide bonds. The van der Waals surface area contributed by atoms with Crippen LogP contribution in [-0.2, 0) is 11.2 Å². The summed E-state index contributed by atoms with van der Waals surface area (Å²) >= 11 is 1.54. The second-order valence-corrected chi connectivity index (χ2v) is 8.54. The lowest BCUT2D eigenvalue weighted by Crippen LogP contribution is -3.15. The number of benzene rings is 1. The van der Waals surface area contributed by atoms with E-state index < -0.39 is 0 Å². The Balaban J connectivity index is 1.81. The molecule has 3 atom stereocenters. The maximum atomic E-state index is 11.0. The zero-order chi connectivity index (χ0) is 19.1. The van der Waals surface area contributed by atoms with Crippen LogP contribution in [0.1, 0.15) is 48.6 Å². The monoisotopic (exact) mass is 387 g/mol. The van der Waals surface area contributed by atoms with E-state index in [0.717, 1.165) is 35.2 Å². The second kappa shape index (κ2) is 7.22. The molecular weight excluding hydrogens is 360 g/mol. The standard InChI is InChI=1S/C20H26N4O2S/c1-5-16-21-20-24(22-16)19(25)18(27-20)17(15-8-6-12(2)7-9-15)23-10-13(3)26-14(4)11-23/h6-9,13-14,17,25H,5,10-11H2,1-4H3/p+1/t13-,14-,17-/m1/s1. The summed E-state index contributed by atoms with van der Waals surface area (Å²) in [5.74, 6) is 0.975. The number of nitrogens with one attached hydrogen (secondary N) is 1. The minimum Gasteiger partial charge on any atom is -0.492 e. The van der Waals surface area contributed by atoms with Crippen molar-refractivity contribution in [2.75, 3.05) is 13.1 Å². The quantitative estimate of drug-likeness (QED) is 0.720. The number of thiazole rings is 1. The molecule has 0 spiro atoms. The molecular formula is C20H27N4O2S+. The topological polar surface area (TPSA) is 64.1 Å². The van der Waals surface area contributed by atoms with Crippen LogP contribution in [0.2, 0.25) is 0 Å². The van der Waals surface area contributed by atoms with Crippen LogP contribution in [0, 0.1) is 6.92 Å². The first kappa shape index (κ1) is 18.4. The van der Waals surface area contributed by atoms with Crippen LogP contribution in [0.3, 0.4) is 0 Å². The summed E-state index contributed by atoms with van der Waals surface area (Å²) in [7, 11) is 0. The lowest BCUT2D eigenvalue weighted by molar-refractivity contribution is -0.939. The molecule has 1 aromatic carbocycles. The molecule has 3 heterocycles. The Morgan fingerprint density at radius 2 is 1.93 bits per heavy atom. The zero-order valence-corrected chi connectivity index (χ0v) is 17.1. The number of aromatic nitrogens is 3. The summed E-state index contributed by atoms with van der Waals surface area (Å²) in [4.78, 5) is 7.64. The smallest absolute Gasteiger partial charge is 0.235 e. The highest BCUT2D eigenvalue weighted by Gasteiger charge is 2.37. The van der Waals surface area contributed by atoms with Gasteiger partial charge in [-0.3, -0.25) is 0 Å². The Morgan fingerprint density at radius 1 is 1.26 bits per heavy atom.